The van der Waals surface area contributed by atoms with Crippen LogP contribution in [0.25, 0.3) is 20.8 Å². The average Bonchev–Trinajstić information content (AvgIpc) is 2.46. The van der Waals surface area contributed by atoms with Gasteiger partial charge >= 0.3 is 6.09 Å². The summed E-state index contributed by atoms with van der Waals surface area (Å²) in [5, 5.41) is 2.44. The number of nitrogens with one attached hydrogen (secondary N) is 1. The van der Waals surface area contributed by atoms with Gasteiger partial charge < -0.3 is 4.74 Å². The van der Waals surface area contributed by atoms with Gasteiger partial charge in [0.1, 0.15) is 0 Å². The molecule has 21 heavy (non-hydrogen) atoms. The molecule has 1 heterocycles. The number of carbonyl (C=O) groups is 1. The lowest BCUT2D eigenvalue weighted by molar-refractivity contribution is 0.168. The zero-order valence-electron chi connectivity index (χ0n) is 11.3. The van der Waals surface area contributed by atoms with E-state index in [9.17, 15) is 9.59 Å². The molecule has 1 amide bonds. The summed E-state index contributed by atoms with van der Waals surface area (Å²) < 4.78 is 5.79. The Bertz CT molecular complexity index is 844. The van der Waals surface area contributed by atoms with E-state index in [1.165, 1.54) is 17.4 Å². The number of hydrogen-bond acceptors (Lipinski definition) is 5. The molecule has 1 aliphatic carbocycles. The van der Waals surface area contributed by atoms with Gasteiger partial charge in [-0.3, -0.25) is 10.1 Å². The van der Waals surface area contributed by atoms with Gasteiger partial charge in [-0.2, -0.15) is 0 Å². The Labute approximate surface area is 124 Å². The van der Waals surface area contributed by atoms with Gasteiger partial charge in [-0.05, 0) is 25.1 Å². The van der Waals surface area contributed by atoms with Crippen LogP contribution in [0.5, 0.6) is 0 Å². The fraction of sp³-hybridized carbons (Fsp3) is 0.133. The summed E-state index contributed by atoms with van der Waals surface area (Å²) >= 11 is 1.50. The number of hydrogen-bond donors (Lipinski definition) is 1. The molecule has 0 bridgehead atoms. The third-order valence-corrected chi connectivity index (χ3v) is 4.01. The van der Waals surface area contributed by atoms with Crippen molar-refractivity contribution in [1.29, 1.82) is 0 Å². The molecule has 1 aliphatic heterocycles. The predicted molar refractivity (Wildman–Crippen MR) is 83.2 cm³/mol. The first kappa shape index (κ1) is 13.5. The van der Waals surface area contributed by atoms with Crippen LogP contribution in [0.3, 0.4) is 0 Å². The second-order valence-corrected chi connectivity index (χ2v) is 5.43. The van der Waals surface area contributed by atoms with Gasteiger partial charge in [0.2, 0.25) is 5.43 Å². The van der Waals surface area contributed by atoms with Crippen molar-refractivity contribution in [2.45, 2.75) is 6.92 Å². The molecule has 0 saturated carbocycles. The van der Waals surface area contributed by atoms with Crippen LogP contribution < -0.4 is 10.7 Å². The largest absolute Gasteiger partial charge is 0.450 e. The normalized spacial score (nSPS) is 10.7. The van der Waals surface area contributed by atoms with Crippen molar-refractivity contribution in [1.82, 2.24) is 4.98 Å². The van der Waals surface area contributed by atoms with E-state index in [0.717, 1.165) is 15.1 Å². The highest BCUT2D eigenvalue weighted by molar-refractivity contribution is 7.21. The van der Waals surface area contributed by atoms with Gasteiger partial charge in [-0.25, -0.2) is 9.78 Å². The molecule has 1 aromatic carbocycles. The minimum atomic E-state index is -0.640. The number of nitrogens with zero attached hydrogens (tertiary/aromatic N) is 1. The number of fused-ring (bicyclic) bond motifs is 2. The summed E-state index contributed by atoms with van der Waals surface area (Å²) in [6, 6.07) is 10.8. The summed E-state index contributed by atoms with van der Waals surface area (Å²) in [5.41, 5.74) is 1.45. The van der Waals surface area contributed by atoms with Crippen LogP contribution in [0.1, 0.15) is 6.92 Å². The Hall–Kier alpha value is -2.47. The minimum Gasteiger partial charge on any atom is -0.450 e. The number of ether oxygens (including phenoxy) is 1. The molecule has 3 rings (SSSR count). The number of aromatic nitrogens is 1. The average molecular weight is 300 g/mol. The van der Waals surface area contributed by atoms with Gasteiger partial charge in [0.05, 0.1) is 33.1 Å². The minimum absolute atomic E-state index is 0.177. The highest BCUT2D eigenvalue weighted by atomic mass is 32.1. The standard InChI is InChI=1S/C15H12N2O3S/c1-2-20-15(19)17-10-7-11-14(8-12(10)18)21-13-6-4-3-5-9(13)16-11/h3-8H,2H2,1H3,(H,17,19). The predicted octanol–water partition coefficient (Wildman–Crippen LogP) is 3.33. The number of benzene rings is 2. The second-order valence-electron chi connectivity index (χ2n) is 4.34. The Kier molecular flexibility index (Phi) is 3.53. The van der Waals surface area contributed by atoms with E-state index in [1.54, 1.807) is 13.0 Å². The molecule has 0 aromatic heterocycles. The third-order valence-electron chi connectivity index (χ3n) is 2.90. The summed E-state index contributed by atoms with van der Waals surface area (Å²) in [7, 11) is 0. The van der Waals surface area contributed by atoms with Crippen molar-refractivity contribution < 1.29 is 9.53 Å². The maximum absolute atomic E-state index is 12.0. The molecule has 0 atom stereocenters. The van der Waals surface area contributed by atoms with Gasteiger partial charge in [0.15, 0.2) is 0 Å². The fourth-order valence-electron chi connectivity index (χ4n) is 1.98. The maximum atomic E-state index is 12.0. The molecule has 0 unspecified atom stereocenters. The maximum Gasteiger partial charge on any atom is 0.411 e. The van der Waals surface area contributed by atoms with E-state index in [-0.39, 0.29) is 17.7 Å². The Morgan fingerprint density at radius 1 is 1.33 bits per heavy atom. The van der Waals surface area contributed by atoms with Gasteiger partial charge in [0.25, 0.3) is 0 Å². The Morgan fingerprint density at radius 3 is 2.95 bits per heavy atom. The molecule has 1 aromatic rings. The molecular weight excluding hydrogens is 288 g/mol. The molecule has 1 N–H and O–H groups in total. The topological polar surface area (TPSA) is 68.3 Å². The number of rotatable bonds is 2. The van der Waals surface area contributed by atoms with Crippen LogP contribution in [0, 0.1) is 0 Å². The van der Waals surface area contributed by atoms with Crippen LogP contribution in [-0.2, 0) is 4.74 Å². The van der Waals surface area contributed by atoms with E-state index >= 15 is 0 Å². The number of amides is 1. The molecule has 0 saturated heterocycles. The highest BCUT2D eigenvalue weighted by Gasteiger charge is 2.13. The second kappa shape index (κ2) is 5.49. The van der Waals surface area contributed by atoms with Crippen molar-refractivity contribution in [3.05, 3.63) is 46.6 Å². The molecule has 6 heteroatoms. The van der Waals surface area contributed by atoms with Crippen molar-refractivity contribution >= 4 is 33.3 Å². The zero-order valence-corrected chi connectivity index (χ0v) is 12.1. The first-order chi connectivity index (χ1) is 10.2. The lowest BCUT2D eigenvalue weighted by Crippen LogP contribution is -2.19. The van der Waals surface area contributed by atoms with Crippen molar-refractivity contribution in [2.75, 3.05) is 11.9 Å². The van der Waals surface area contributed by atoms with E-state index in [1.807, 2.05) is 24.3 Å². The zero-order chi connectivity index (χ0) is 14.8. The van der Waals surface area contributed by atoms with Crippen LogP contribution in [-0.4, -0.2) is 17.7 Å². The fourth-order valence-corrected chi connectivity index (χ4v) is 2.95. The monoisotopic (exact) mass is 300 g/mol. The van der Waals surface area contributed by atoms with Crippen LogP contribution >= 0.6 is 11.3 Å². The summed E-state index contributed by atoms with van der Waals surface area (Å²) in [6.07, 6.45) is -0.640. The Morgan fingerprint density at radius 2 is 2.14 bits per heavy atom. The SMILES string of the molecule is CCOC(=O)Nc1cc2nc3ccccc3sc-2cc1=O. The van der Waals surface area contributed by atoms with Crippen LogP contribution in [0.15, 0.2) is 41.2 Å². The number of carbonyl (C=O) groups excluding carboxylic acids is 1. The lowest BCUT2D eigenvalue weighted by atomic mass is 10.2. The first-order valence-electron chi connectivity index (χ1n) is 6.45. The van der Waals surface area contributed by atoms with Gasteiger partial charge in [-0.15, -0.1) is 11.3 Å². The van der Waals surface area contributed by atoms with Gasteiger partial charge in [-0.1, -0.05) is 12.1 Å². The molecule has 0 fully saturated rings. The quantitative estimate of drug-likeness (QED) is 0.737. The number of para-hydroxylation sites is 1. The third kappa shape index (κ3) is 2.71. The molecular formula is C15H12N2O3S. The summed E-state index contributed by atoms with van der Waals surface area (Å²) in [6.45, 7) is 1.95. The van der Waals surface area contributed by atoms with Gasteiger partial charge in [0, 0.05) is 6.07 Å². The molecule has 2 aliphatic rings. The van der Waals surface area contributed by atoms with Crippen LogP contribution in [0.2, 0.25) is 0 Å². The summed E-state index contributed by atoms with van der Waals surface area (Å²) in [4.78, 5) is 28.7. The molecule has 0 spiro atoms. The number of anilines is 1. The first-order valence-corrected chi connectivity index (χ1v) is 7.26. The van der Waals surface area contributed by atoms with E-state index in [0.29, 0.717) is 5.69 Å². The molecule has 5 nitrogen and oxygen atoms in total. The molecule has 106 valence electrons. The van der Waals surface area contributed by atoms with Crippen molar-refractivity contribution in [3.63, 3.8) is 0 Å². The Balaban J connectivity index is 2.10. The van der Waals surface area contributed by atoms with Crippen molar-refractivity contribution in [2.24, 2.45) is 0 Å². The van der Waals surface area contributed by atoms with Crippen LogP contribution in [0.4, 0.5) is 10.5 Å². The van der Waals surface area contributed by atoms with E-state index in [4.69, 9.17) is 4.74 Å². The highest BCUT2D eigenvalue weighted by Crippen LogP contribution is 2.30. The molecule has 0 radical (unpaired) electrons. The smallest absolute Gasteiger partial charge is 0.411 e. The summed E-state index contributed by atoms with van der Waals surface area (Å²) in [5.74, 6) is 0. The lowest BCUT2D eigenvalue weighted by Gasteiger charge is -2.09. The van der Waals surface area contributed by atoms with Crippen molar-refractivity contribution in [3.8, 4) is 10.6 Å². The van der Waals surface area contributed by atoms with E-state index in [2.05, 4.69) is 10.3 Å². The van der Waals surface area contributed by atoms with E-state index < -0.39 is 6.09 Å².